The first kappa shape index (κ1) is 18.9. The van der Waals surface area contributed by atoms with Gasteiger partial charge < -0.3 is 20.9 Å². The first-order valence-corrected chi connectivity index (χ1v) is 7.65. The van der Waals surface area contributed by atoms with E-state index in [1.807, 2.05) is 0 Å². The topological polar surface area (TPSA) is 132 Å². The highest BCUT2D eigenvalue weighted by atomic mass is 19.4. The van der Waals surface area contributed by atoms with Crippen LogP contribution in [0.2, 0.25) is 0 Å². The van der Waals surface area contributed by atoms with Gasteiger partial charge in [0.2, 0.25) is 5.91 Å². The van der Waals surface area contributed by atoms with Crippen LogP contribution in [-0.2, 0) is 6.54 Å². The van der Waals surface area contributed by atoms with Crippen molar-refractivity contribution in [2.75, 3.05) is 0 Å². The Kier molecular flexibility index (Phi) is 4.78. The van der Waals surface area contributed by atoms with Crippen molar-refractivity contribution >= 4 is 23.0 Å². The predicted octanol–water partition coefficient (Wildman–Crippen LogP) is 2.19. The molecule has 0 aliphatic rings. The van der Waals surface area contributed by atoms with Gasteiger partial charge in [-0.25, -0.2) is 14.5 Å². The second-order valence-electron chi connectivity index (χ2n) is 5.48. The van der Waals surface area contributed by atoms with Gasteiger partial charge >= 0.3 is 12.5 Å². The molecule has 0 saturated heterocycles. The fourth-order valence-electron chi connectivity index (χ4n) is 2.57. The molecule has 4 N–H and O–H groups in total. The van der Waals surface area contributed by atoms with Gasteiger partial charge in [-0.1, -0.05) is 0 Å². The Morgan fingerprint density at radius 1 is 1.21 bits per heavy atom. The summed E-state index contributed by atoms with van der Waals surface area (Å²) in [5, 5.41) is 15.4. The summed E-state index contributed by atoms with van der Waals surface area (Å²) in [6.07, 6.45) is -4.81. The van der Waals surface area contributed by atoms with Gasteiger partial charge in [0.25, 0.3) is 0 Å². The average Bonchev–Trinajstić information content (AvgIpc) is 2.98. The lowest BCUT2D eigenvalue weighted by molar-refractivity contribution is -0.274. The number of pyridine rings is 1. The van der Waals surface area contributed by atoms with Gasteiger partial charge in [0.15, 0.2) is 5.65 Å². The van der Waals surface area contributed by atoms with Gasteiger partial charge in [-0.3, -0.25) is 4.79 Å². The molecule has 3 rings (SSSR count). The summed E-state index contributed by atoms with van der Waals surface area (Å²) in [7, 11) is 0. The zero-order chi connectivity index (χ0) is 20.5. The number of carbonyl (C=O) groups excluding carboxylic acids is 1. The fourth-order valence-corrected chi connectivity index (χ4v) is 2.57. The number of halogens is 3. The van der Waals surface area contributed by atoms with Crippen LogP contribution in [0.4, 0.5) is 18.0 Å². The monoisotopic (exact) mass is 395 g/mol. The number of hydrogen-bond donors (Lipinski definition) is 3. The number of amides is 2. The standard InChI is InChI=1S/C16H12F3N5O4/c17-16(18,19)28-9-3-1-8(2-4-9)24-14-12(10(13(20)25)5-6-21-14)11(23-24)7-22-15(26)27/h1-6,22H,7H2,(H2,20,25)(H,26,27). The summed E-state index contributed by atoms with van der Waals surface area (Å²) in [6, 6.07) is 6.15. The molecule has 0 atom stereocenters. The molecule has 0 fully saturated rings. The minimum atomic E-state index is -4.83. The minimum Gasteiger partial charge on any atom is -0.465 e. The Balaban J connectivity index is 2.09. The number of carbonyl (C=O) groups is 2. The zero-order valence-corrected chi connectivity index (χ0v) is 13.9. The quantitative estimate of drug-likeness (QED) is 0.607. The van der Waals surface area contributed by atoms with E-state index in [0.717, 1.165) is 12.1 Å². The number of benzene rings is 1. The summed E-state index contributed by atoms with van der Waals surface area (Å²) in [5.41, 5.74) is 6.12. The Labute approximate surface area is 154 Å². The van der Waals surface area contributed by atoms with Crippen molar-refractivity contribution in [1.29, 1.82) is 0 Å². The number of nitrogens with zero attached hydrogens (tertiary/aromatic N) is 3. The van der Waals surface area contributed by atoms with Gasteiger partial charge in [-0.05, 0) is 30.3 Å². The van der Waals surface area contributed by atoms with Crippen molar-refractivity contribution in [3.05, 3.63) is 47.8 Å². The normalized spacial score (nSPS) is 11.4. The predicted molar refractivity (Wildman–Crippen MR) is 88.9 cm³/mol. The Morgan fingerprint density at radius 2 is 1.89 bits per heavy atom. The number of primary amides is 1. The van der Waals surface area contributed by atoms with Crippen molar-refractivity contribution in [2.24, 2.45) is 5.73 Å². The molecular weight excluding hydrogens is 383 g/mol. The van der Waals surface area contributed by atoms with Crippen molar-refractivity contribution < 1.29 is 32.6 Å². The minimum absolute atomic E-state index is 0.0791. The Hall–Kier alpha value is -3.83. The van der Waals surface area contributed by atoms with E-state index in [2.05, 4.69) is 20.1 Å². The number of ether oxygens (including phenoxy) is 1. The maximum absolute atomic E-state index is 12.3. The van der Waals surface area contributed by atoms with Crippen molar-refractivity contribution in [1.82, 2.24) is 20.1 Å². The average molecular weight is 395 g/mol. The number of nitrogens with two attached hydrogens (primary N) is 1. The van der Waals surface area contributed by atoms with E-state index in [-0.39, 0.29) is 28.8 Å². The van der Waals surface area contributed by atoms with Gasteiger partial charge in [0.05, 0.1) is 28.9 Å². The maximum atomic E-state index is 12.3. The lowest BCUT2D eigenvalue weighted by Crippen LogP contribution is -2.21. The number of nitrogens with one attached hydrogen (secondary N) is 1. The smallest absolute Gasteiger partial charge is 0.465 e. The second-order valence-corrected chi connectivity index (χ2v) is 5.48. The third-order valence-electron chi connectivity index (χ3n) is 3.63. The SMILES string of the molecule is NC(=O)c1ccnc2c1c(CNC(=O)O)nn2-c1ccc(OC(F)(F)F)cc1. The van der Waals surface area contributed by atoms with Crippen LogP contribution in [-0.4, -0.2) is 38.2 Å². The third-order valence-corrected chi connectivity index (χ3v) is 3.63. The molecule has 1 aromatic carbocycles. The highest BCUT2D eigenvalue weighted by molar-refractivity contribution is 6.05. The number of alkyl halides is 3. The fraction of sp³-hybridized carbons (Fsp3) is 0.125. The molecule has 9 nitrogen and oxygen atoms in total. The molecule has 2 heterocycles. The summed E-state index contributed by atoms with van der Waals surface area (Å²) < 4.78 is 42.0. The molecule has 3 aromatic rings. The van der Waals surface area contributed by atoms with Gasteiger partial charge in [0, 0.05) is 6.20 Å². The molecule has 0 aliphatic heterocycles. The van der Waals surface area contributed by atoms with Gasteiger partial charge in [0.1, 0.15) is 5.75 Å². The highest BCUT2D eigenvalue weighted by Crippen LogP contribution is 2.27. The molecular formula is C16H12F3N5O4. The summed E-state index contributed by atoms with van der Waals surface area (Å²) in [4.78, 5) is 26.7. The molecule has 28 heavy (non-hydrogen) atoms. The Bertz CT molecular complexity index is 1050. The van der Waals surface area contributed by atoms with Crippen LogP contribution in [0, 0.1) is 0 Å². The van der Waals surface area contributed by atoms with E-state index >= 15 is 0 Å². The Morgan fingerprint density at radius 3 is 2.46 bits per heavy atom. The maximum Gasteiger partial charge on any atom is 0.573 e. The molecule has 146 valence electrons. The molecule has 2 amide bonds. The first-order chi connectivity index (χ1) is 13.2. The number of rotatable bonds is 5. The molecule has 0 spiro atoms. The molecule has 0 radical (unpaired) electrons. The molecule has 2 aromatic heterocycles. The van der Waals surface area contributed by atoms with Crippen LogP contribution in [0.1, 0.15) is 16.1 Å². The van der Waals surface area contributed by atoms with Crippen LogP contribution >= 0.6 is 0 Å². The van der Waals surface area contributed by atoms with E-state index < -0.39 is 24.1 Å². The van der Waals surface area contributed by atoms with Crippen molar-refractivity contribution in [2.45, 2.75) is 12.9 Å². The van der Waals surface area contributed by atoms with Crippen molar-refractivity contribution in [3.8, 4) is 11.4 Å². The number of hydrogen-bond acceptors (Lipinski definition) is 5. The van der Waals surface area contributed by atoms with Crippen LogP contribution in [0.5, 0.6) is 5.75 Å². The molecule has 12 heteroatoms. The van der Waals surface area contributed by atoms with E-state index in [1.165, 1.54) is 29.1 Å². The lowest BCUT2D eigenvalue weighted by atomic mass is 10.1. The van der Waals surface area contributed by atoms with Crippen LogP contribution in [0.25, 0.3) is 16.7 Å². The molecule has 0 saturated carbocycles. The second kappa shape index (κ2) is 7.06. The molecule has 0 bridgehead atoms. The van der Waals surface area contributed by atoms with E-state index in [1.54, 1.807) is 0 Å². The van der Waals surface area contributed by atoms with Crippen molar-refractivity contribution in [3.63, 3.8) is 0 Å². The summed E-state index contributed by atoms with van der Waals surface area (Å²) >= 11 is 0. The number of aromatic nitrogens is 3. The van der Waals surface area contributed by atoms with E-state index in [9.17, 15) is 22.8 Å². The zero-order valence-electron chi connectivity index (χ0n) is 13.9. The van der Waals surface area contributed by atoms with Gasteiger partial charge in [-0.2, -0.15) is 5.10 Å². The molecule has 0 unspecified atom stereocenters. The highest BCUT2D eigenvalue weighted by Gasteiger charge is 2.31. The summed E-state index contributed by atoms with van der Waals surface area (Å²) in [5.74, 6) is -1.19. The van der Waals surface area contributed by atoms with Crippen LogP contribution in [0.15, 0.2) is 36.5 Å². The van der Waals surface area contributed by atoms with E-state index in [0.29, 0.717) is 5.69 Å². The third kappa shape index (κ3) is 3.95. The summed E-state index contributed by atoms with van der Waals surface area (Å²) in [6.45, 7) is -0.236. The van der Waals surface area contributed by atoms with Crippen LogP contribution in [0.3, 0.4) is 0 Å². The van der Waals surface area contributed by atoms with E-state index in [4.69, 9.17) is 10.8 Å². The lowest BCUT2D eigenvalue weighted by Gasteiger charge is -2.09. The number of carboxylic acid groups (broad SMARTS) is 1. The first-order valence-electron chi connectivity index (χ1n) is 7.65. The number of fused-ring (bicyclic) bond motifs is 1. The molecule has 0 aliphatic carbocycles. The largest absolute Gasteiger partial charge is 0.573 e. The van der Waals surface area contributed by atoms with Gasteiger partial charge in [-0.15, -0.1) is 13.2 Å². The van der Waals surface area contributed by atoms with Crippen LogP contribution < -0.4 is 15.8 Å².